The Balaban J connectivity index is 2.12. The van der Waals surface area contributed by atoms with E-state index >= 15 is 0 Å². The molecule has 1 amide bonds. The predicted octanol–water partition coefficient (Wildman–Crippen LogP) is 2.50. The summed E-state index contributed by atoms with van der Waals surface area (Å²) < 4.78 is 6.85. The van der Waals surface area contributed by atoms with Crippen LogP contribution in [0.5, 0.6) is 0 Å². The first-order chi connectivity index (χ1) is 17.1. The Morgan fingerprint density at radius 2 is 1.94 bits per heavy atom. The lowest BCUT2D eigenvalue weighted by Crippen LogP contribution is -2.41. The fraction of sp³-hybridized carbons (Fsp3) is 0.500. The lowest BCUT2D eigenvalue weighted by molar-refractivity contribution is -0.148. The molecular formula is C24H28N4O6S2. The van der Waals surface area contributed by atoms with Crippen molar-refractivity contribution in [1.82, 2.24) is 9.47 Å². The summed E-state index contributed by atoms with van der Waals surface area (Å²) in [7, 11) is 0. The number of pyridine rings is 1. The number of nitriles is 1. The molecule has 0 saturated carbocycles. The molecule has 2 fully saturated rings. The van der Waals surface area contributed by atoms with E-state index in [1.165, 1.54) is 0 Å². The van der Waals surface area contributed by atoms with Crippen LogP contribution in [0.1, 0.15) is 49.8 Å². The van der Waals surface area contributed by atoms with E-state index in [1.807, 2.05) is 17.9 Å². The van der Waals surface area contributed by atoms with E-state index in [0.717, 1.165) is 16.7 Å². The number of ether oxygens (including phenoxy) is 1. The number of amides is 1. The Labute approximate surface area is 218 Å². The summed E-state index contributed by atoms with van der Waals surface area (Å²) in [5, 5.41) is 18.9. The Bertz CT molecular complexity index is 1220. The van der Waals surface area contributed by atoms with Crippen LogP contribution in [0.4, 0.5) is 5.82 Å². The molecule has 2 saturated heterocycles. The SMILES string of the molecule is CCCn1c(N2CCC(C(=O)OCC)CC2)c(C=C2SC(=S)N(CC(=O)O)C2=O)c(C)c(C#N)c1=O. The van der Waals surface area contributed by atoms with Gasteiger partial charge < -0.3 is 14.7 Å². The van der Waals surface area contributed by atoms with Gasteiger partial charge in [-0.3, -0.25) is 28.6 Å². The van der Waals surface area contributed by atoms with Crippen LogP contribution in [-0.2, 0) is 25.7 Å². The summed E-state index contributed by atoms with van der Waals surface area (Å²) in [4.78, 5) is 52.9. The highest BCUT2D eigenvalue weighted by atomic mass is 32.2. The van der Waals surface area contributed by atoms with Gasteiger partial charge in [0, 0.05) is 25.2 Å². The number of nitrogens with zero attached hydrogens (tertiary/aromatic N) is 4. The number of carbonyl (C=O) groups excluding carboxylic acids is 2. The van der Waals surface area contributed by atoms with Crippen LogP contribution in [0, 0.1) is 24.2 Å². The van der Waals surface area contributed by atoms with Crippen LogP contribution < -0.4 is 10.5 Å². The van der Waals surface area contributed by atoms with Crippen molar-refractivity contribution < 1.29 is 24.2 Å². The van der Waals surface area contributed by atoms with E-state index in [1.54, 1.807) is 24.5 Å². The smallest absolute Gasteiger partial charge is 0.323 e. The van der Waals surface area contributed by atoms with Gasteiger partial charge in [0.25, 0.3) is 11.5 Å². The van der Waals surface area contributed by atoms with Gasteiger partial charge >= 0.3 is 11.9 Å². The molecule has 0 unspecified atom stereocenters. The third-order valence-electron chi connectivity index (χ3n) is 6.15. The number of thioether (sulfide) groups is 1. The van der Waals surface area contributed by atoms with E-state index in [-0.39, 0.29) is 26.7 Å². The van der Waals surface area contributed by atoms with Gasteiger partial charge in [-0.05, 0) is 44.7 Å². The van der Waals surface area contributed by atoms with Crippen molar-refractivity contribution in [3.63, 3.8) is 0 Å². The number of esters is 1. The second-order valence-electron chi connectivity index (χ2n) is 8.48. The van der Waals surface area contributed by atoms with E-state index < -0.39 is 24.0 Å². The van der Waals surface area contributed by atoms with Crippen molar-refractivity contribution in [3.8, 4) is 6.07 Å². The minimum absolute atomic E-state index is 0.0131. The molecule has 3 heterocycles. The van der Waals surface area contributed by atoms with Gasteiger partial charge in [0.15, 0.2) is 0 Å². The van der Waals surface area contributed by atoms with Gasteiger partial charge in [-0.1, -0.05) is 30.9 Å². The zero-order chi connectivity index (χ0) is 26.6. The Morgan fingerprint density at radius 3 is 2.50 bits per heavy atom. The molecule has 10 nitrogen and oxygen atoms in total. The molecule has 0 spiro atoms. The second kappa shape index (κ2) is 11.7. The largest absolute Gasteiger partial charge is 0.480 e. The maximum absolute atomic E-state index is 13.3. The predicted molar refractivity (Wildman–Crippen MR) is 140 cm³/mol. The van der Waals surface area contributed by atoms with E-state index in [9.17, 15) is 24.4 Å². The monoisotopic (exact) mass is 532 g/mol. The number of thiocarbonyl (C=S) groups is 1. The van der Waals surface area contributed by atoms with Gasteiger partial charge in [0.1, 0.15) is 28.3 Å². The number of carboxylic acid groups (broad SMARTS) is 1. The lowest BCUT2D eigenvalue weighted by atomic mass is 9.95. The third-order valence-corrected chi connectivity index (χ3v) is 7.53. The fourth-order valence-corrected chi connectivity index (χ4v) is 5.64. The number of anilines is 1. The molecule has 2 aliphatic rings. The van der Waals surface area contributed by atoms with Crippen molar-refractivity contribution in [1.29, 1.82) is 5.26 Å². The van der Waals surface area contributed by atoms with Crippen LogP contribution >= 0.6 is 24.0 Å². The molecule has 3 rings (SSSR count). The minimum atomic E-state index is -1.18. The average Bonchev–Trinajstić information content (AvgIpc) is 3.10. The minimum Gasteiger partial charge on any atom is -0.480 e. The summed E-state index contributed by atoms with van der Waals surface area (Å²) >= 11 is 6.20. The lowest BCUT2D eigenvalue weighted by Gasteiger charge is -2.35. The number of hydrogen-bond acceptors (Lipinski definition) is 9. The van der Waals surface area contributed by atoms with Crippen LogP contribution in [0.3, 0.4) is 0 Å². The summed E-state index contributed by atoms with van der Waals surface area (Å²) in [6.45, 7) is 6.45. The van der Waals surface area contributed by atoms with Gasteiger partial charge in [0.05, 0.1) is 17.4 Å². The number of rotatable bonds is 8. The van der Waals surface area contributed by atoms with Crippen LogP contribution in [-0.4, -0.2) is 63.0 Å². The first kappa shape index (κ1) is 27.4. The first-order valence-electron chi connectivity index (χ1n) is 11.7. The number of carboxylic acids is 1. The molecular weight excluding hydrogens is 504 g/mol. The summed E-state index contributed by atoms with van der Waals surface area (Å²) in [5.74, 6) is -1.61. The van der Waals surface area contributed by atoms with Crippen LogP contribution in [0.15, 0.2) is 9.70 Å². The Morgan fingerprint density at radius 1 is 1.28 bits per heavy atom. The number of aliphatic carboxylic acids is 1. The quantitative estimate of drug-likeness (QED) is 0.302. The van der Waals surface area contributed by atoms with Crippen molar-refractivity contribution in [3.05, 3.63) is 31.9 Å². The van der Waals surface area contributed by atoms with Gasteiger partial charge in [-0.15, -0.1) is 0 Å². The van der Waals surface area contributed by atoms with E-state index in [0.29, 0.717) is 62.4 Å². The Kier molecular flexibility index (Phi) is 8.92. The zero-order valence-electron chi connectivity index (χ0n) is 20.4. The summed E-state index contributed by atoms with van der Waals surface area (Å²) in [6.07, 6.45) is 3.31. The standard InChI is InChI=1S/C24H28N4O6S2/c1-4-8-27-20(26-9-6-15(7-10-26)23(33)34-5-2)16(14(3)17(12-25)21(27)31)11-18-22(32)28(13-19(29)30)24(35)36-18/h11,15H,4-10,13H2,1-3H3,(H,29,30). The molecule has 1 N–H and O–H groups in total. The highest BCUT2D eigenvalue weighted by Gasteiger charge is 2.35. The topological polar surface area (TPSA) is 133 Å². The van der Waals surface area contributed by atoms with Crippen molar-refractivity contribution in [2.75, 3.05) is 31.1 Å². The number of carbonyl (C=O) groups is 3. The molecule has 0 radical (unpaired) electrons. The number of hydrogen-bond donors (Lipinski definition) is 1. The van der Waals surface area contributed by atoms with Crippen molar-refractivity contribution in [2.45, 2.75) is 46.6 Å². The van der Waals surface area contributed by atoms with Crippen molar-refractivity contribution in [2.24, 2.45) is 5.92 Å². The van der Waals surface area contributed by atoms with E-state index in [4.69, 9.17) is 22.1 Å². The third kappa shape index (κ3) is 5.47. The average molecular weight is 533 g/mol. The highest BCUT2D eigenvalue weighted by molar-refractivity contribution is 8.26. The molecule has 1 aromatic heterocycles. The molecule has 36 heavy (non-hydrogen) atoms. The van der Waals surface area contributed by atoms with Crippen LogP contribution in [0.2, 0.25) is 0 Å². The second-order valence-corrected chi connectivity index (χ2v) is 10.2. The van der Waals surface area contributed by atoms with Gasteiger partial charge in [-0.2, -0.15) is 5.26 Å². The molecule has 192 valence electrons. The number of piperidine rings is 1. The Hall–Kier alpha value is -3.17. The molecule has 0 atom stereocenters. The maximum Gasteiger partial charge on any atom is 0.323 e. The molecule has 0 aromatic carbocycles. The summed E-state index contributed by atoms with van der Waals surface area (Å²) in [6, 6.07) is 2.00. The molecule has 1 aromatic rings. The zero-order valence-corrected chi connectivity index (χ0v) is 22.0. The fourth-order valence-electron chi connectivity index (χ4n) is 4.41. The number of aromatic nitrogens is 1. The maximum atomic E-state index is 13.3. The highest BCUT2D eigenvalue weighted by Crippen LogP contribution is 2.36. The molecule has 12 heteroatoms. The normalized spacial score (nSPS) is 17.6. The molecule has 0 bridgehead atoms. The first-order valence-corrected chi connectivity index (χ1v) is 12.9. The van der Waals surface area contributed by atoms with E-state index in [2.05, 4.69) is 0 Å². The molecule has 0 aliphatic carbocycles. The molecule has 2 aliphatic heterocycles. The van der Waals surface area contributed by atoms with Gasteiger partial charge in [-0.25, -0.2) is 0 Å². The van der Waals surface area contributed by atoms with Crippen LogP contribution in [0.25, 0.3) is 6.08 Å². The summed E-state index contributed by atoms with van der Waals surface area (Å²) in [5.41, 5.74) is 0.543. The van der Waals surface area contributed by atoms with Gasteiger partial charge in [0.2, 0.25) is 0 Å². The van der Waals surface area contributed by atoms with Crippen molar-refractivity contribution >= 4 is 58.0 Å².